The van der Waals surface area contributed by atoms with Gasteiger partial charge < -0.3 is 4.74 Å². The molecule has 0 atom stereocenters. The quantitative estimate of drug-likeness (QED) is 0.467. The standard InChI is InChI=1S/C22H22N4O2S/c1-4-26-17(12-13-23-26)21(27)25(14-16-8-6-5-7-9-16)22-24-19-18(28-3)11-10-15(2)20(19)29-22/h5-13H,4,14H2,1-3H3. The molecular weight excluding hydrogens is 384 g/mol. The fourth-order valence-corrected chi connectivity index (χ4v) is 4.32. The van der Waals surface area contributed by atoms with Gasteiger partial charge >= 0.3 is 0 Å². The first-order valence-electron chi connectivity index (χ1n) is 9.44. The van der Waals surface area contributed by atoms with E-state index in [-0.39, 0.29) is 5.91 Å². The number of aromatic nitrogens is 3. The van der Waals surface area contributed by atoms with Crippen molar-refractivity contribution in [1.29, 1.82) is 0 Å². The Balaban J connectivity index is 1.83. The number of fused-ring (bicyclic) bond motifs is 1. The summed E-state index contributed by atoms with van der Waals surface area (Å²) >= 11 is 1.50. The van der Waals surface area contributed by atoms with Gasteiger partial charge in [-0.15, -0.1) is 0 Å². The van der Waals surface area contributed by atoms with Gasteiger partial charge in [-0.1, -0.05) is 47.7 Å². The first-order valence-corrected chi connectivity index (χ1v) is 10.3. The van der Waals surface area contributed by atoms with Gasteiger partial charge in [0.1, 0.15) is 17.0 Å². The number of carbonyl (C=O) groups is 1. The molecule has 1 amide bonds. The van der Waals surface area contributed by atoms with Crippen molar-refractivity contribution < 1.29 is 9.53 Å². The van der Waals surface area contributed by atoms with Gasteiger partial charge in [0.25, 0.3) is 5.91 Å². The summed E-state index contributed by atoms with van der Waals surface area (Å²) in [4.78, 5) is 20.0. The number of methoxy groups -OCH3 is 1. The number of anilines is 1. The third kappa shape index (κ3) is 3.61. The molecule has 29 heavy (non-hydrogen) atoms. The molecule has 0 aliphatic heterocycles. The number of carbonyl (C=O) groups excluding carboxylic acids is 1. The van der Waals surface area contributed by atoms with E-state index in [2.05, 4.69) is 5.10 Å². The van der Waals surface area contributed by atoms with Crippen LogP contribution in [-0.2, 0) is 13.1 Å². The number of benzene rings is 2. The predicted octanol–water partition coefficient (Wildman–Crippen LogP) is 4.68. The Kier molecular flexibility index (Phi) is 5.31. The largest absolute Gasteiger partial charge is 0.494 e. The van der Waals surface area contributed by atoms with Crippen molar-refractivity contribution in [2.24, 2.45) is 0 Å². The van der Waals surface area contributed by atoms with E-state index in [9.17, 15) is 4.79 Å². The maximum absolute atomic E-state index is 13.5. The number of thiazole rings is 1. The minimum Gasteiger partial charge on any atom is -0.494 e. The molecule has 7 heteroatoms. The third-order valence-corrected chi connectivity index (χ3v) is 6.02. The van der Waals surface area contributed by atoms with Gasteiger partial charge in [0.15, 0.2) is 5.13 Å². The highest BCUT2D eigenvalue weighted by atomic mass is 32.1. The van der Waals surface area contributed by atoms with Gasteiger partial charge in [-0.3, -0.25) is 14.4 Å². The minimum atomic E-state index is -0.121. The molecule has 0 unspecified atom stereocenters. The van der Waals surface area contributed by atoms with Crippen LogP contribution in [0, 0.1) is 6.92 Å². The van der Waals surface area contributed by atoms with E-state index in [0.29, 0.717) is 29.7 Å². The summed E-state index contributed by atoms with van der Waals surface area (Å²) in [5.41, 5.74) is 3.47. The maximum atomic E-state index is 13.5. The Morgan fingerprint density at radius 1 is 1.17 bits per heavy atom. The van der Waals surface area contributed by atoms with Crippen LogP contribution < -0.4 is 9.64 Å². The summed E-state index contributed by atoms with van der Waals surface area (Å²) in [6.45, 7) is 5.06. The molecule has 6 nitrogen and oxygen atoms in total. The second-order valence-corrected chi connectivity index (χ2v) is 7.65. The Morgan fingerprint density at radius 3 is 2.69 bits per heavy atom. The number of rotatable bonds is 6. The molecule has 2 aromatic carbocycles. The summed E-state index contributed by atoms with van der Waals surface area (Å²) in [7, 11) is 1.63. The van der Waals surface area contributed by atoms with Gasteiger partial charge in [0.2, 0.25) is 0 Å². The lowest BCUT2D eigenvalue weighted by Crippen LogP contribution is -2.32. The molecule has 0 fully saturated rings. The summed E-state index contributed by atoms with van der Waals surface area (Å²) in [6.07, 6.45) is 1.66. The number of aryl methyl sites for hydroxylation is 2. The molecule has 0 spiro atoms. The van der Waals surface area contributed by atoms with E-state index in [4.69, 9.17) is 9.72 Å². The normalized spacial score (nSPS) is 11.0. The first-order chi connectivity index (χ1) is 14.1. The van der Waals surface area contributed by atoms with E-state index in [0.717, 1.165) is 21.3 Å². The zero-order valence-corrected chi connectivity index (χ0v) is 17.4. The molecule has 0 radical (unpaired) electrons. The Labute approximate surface area is 173 Å². The lowest BCUT2D eigenvalue weighted by Gasteiger charge is -2.20. The summed E-state index contributed by atoms with van der Waals surface area (Å²) in [5.74, 6) is 0.586. The SMILES string of the molecule is CCn1nccc1C(=O)N(Cc1ccccc1)c1nc2c(OC)ccc(C)c2s1. The fourth-order valence-electron chi connectivity index (χ4n) is 3.28. The van der Waals surface area contributed by atoms with E-state index in [1.807, 2.05) is 56.3 Å². The molecule has 2 aromatic heterocycles. The Morgan fingerprint density at radius 2 is 1.97 bits per heavy atom. The van der Waals surface area contributed by atoms with Gasteiger partial charge in [-0.25, -0.2) is 4.98 Å². The van der Waals surface area contributed by atoms with Crippen molar-refractivity contribution in [2.45, 2.75) is 26.9 Å². The van der Waals surface area contributed by atoms with Crippen LogP contribution in [0.25, 0.3) is 10.2 Å². The molecular formula is C22H22N4O2S. The van der Waals surface area contributed by atoms with Gasteiger partial charge in [-0.2, -0.15) is 5.10 Å². The summed E-state index contributed by atoms with van der Waals surface area (Å²) < 4.78 is 8.22. The number of amides is 1. The lowest BCUT2D eigenvalue weighted by atomic mass is 10.2. The number of nitrogens with zero attached hydrogens (tertiary/aromatic N) is 4. The van der Waals surface area contributed by atoms with Crippen LogP contribution in [0.5, 0.6) is 5.75 Å². The highest BCUT2D eigenvalue weighted by molar-refractivity contribution is 7.22. The van der Waals surface area contributed by atoms with Gasteiger partial charge in [0, 0.05) is 12.7 Å². The van der Waals surface area contributed by atoms with Crippen LogP contribution in [0.1, 0.15) is 28.5 Å². The molecule has 148 valence electrons. The zero-order valence-electron chi connectivity index (χ0n) is 16.6. The smallest absolute Gasteiger partial charge is 0.278 e. The van der Waals surface area contributed by atoms with Crippen LogP contribution in [0.2, 0.25) is 0 Å². The molecule has 4 rings (SSSR count). The van der Waals surface area contributed by atoms with Crippen molar-refractivity contribution in [3.63, 3.8) is 0 Å². The monoisotopic (exact) mass is 406 g/mol. The van der Waals surface area contributed by atoms with Crippen molar-refractivity contribution in [2.75, 3.05) is 12.0 Å². The molecule has 0 aliphatic rings. The van der Waals surface area contributed by atoms with Crippen molar-refractivity contribution >= 4 is 32.6 Å². The first kappa shape index (κ1) is 19.1. The van der Waals surface area contributed by atoms with Crippen molar-refractivity contribution in [3.8, 4) is 5.75 Å². The fraction of sp³-hybridized carbons (Fsp3) is 0.227. The molecule has 4 aromatic rings. The number of ether oxygens (including phenoxy) is 1. The van der Waals surface area contributed by atoms with Crippen molar-refractivity contribution in [1.82, 2.24) is 14.8 Å². The van der Waals surface area contributed by atoms with Crippen LogP contribution in [0.15, 0.2) is 54.7 Å². The van der Waals surface area contributed by atoms with Crippen molar-refractivity contribution in [3.05, 3.63) is 71.5 Å². The summed E-state index contributed by atoms with van der Waals surface area (Å²) in [5, 5.41) is 4.90. The van der Waals surface area contributed by atoms with E-state index >= 15 is 0 Å². The second kappa shape index (κ2) is 8.05. The summed E-state index contributed by atoms with van der Waals surface area (Å²) in [6, 6.07) is 15.6. The Bertz CT molecular complexity index is 1150. The van der Waals surface area contributed by atoms with Crippen LogP contribution in [0.4, 0.5) is 5.13 Å². The minimum absolute atomic E-state index is 0.121. The Hall–Kier alpha value is -3.19. The lowest BCUT2D eigenvalue weighted by molar-refractivity contribution is 0.0975. The molecule has 0 saturated heterocycles. The topological polar surface area (TPSA) is 60.2 Å². The maximum Gasteiger partial charge on any atom is 0.278 e. The van der Waals surface area contributed by atoms with E-state index in [1.165, 1.54) is 11.3 Å². The second-order valence-electron chi connectivity index (χ2n) is 6.67. The molecule has 0 aliphatic carbocycles. The number of hydrogen-bond donors (Lipinski definition) is 0. The number of hydrogen-bond acceptors (Lipinski definition) is 5. The zero-order chi connectivity index (χ0) is 20.4. The molecule has 0 N–H and O–H groups in total. The van der Waals surface area contributed by atoms with E-state index < -0.39 is 0 Å². The average Bonchev–Trinajstić information content (AvgIpc) is 3.40. The van der Waals surface area contributed by atoms with Gasteiger partial charge in [-0.05, 0) is 37.1 Å². The van der Waals surface area contributed by atoms with Crippen LogP contribution in [0.3, 0.4) is 0 Å². The highest BCUT2D eigenvalue weighted by Gasteiger charge is 2.25. The predicted molar refractivity (Wildman–Crippen MR) is 116 cm³/mol. The average molecular weight is 407 g/mol. The highest BCUT2D eigenvalue weighted by Crippen LogP contribution is 2.37. The molecule has 0 saturated carbocycles. The molecule has 0 bridgehead atoms. The van der Waals surface area contributed by atoms with Crippen LogP contribution in [-0.4, -0.2) is 27.8 Å². The third-order valence-electron chi connectivity index (χ3n) is 4.81. The van der Waals surface area contributed by atoms with Gasteiger partial charge in [0.05, 0.1) is 18.4 Å². The van der Waals surface area contributed by atoms with E-state index in [1.54, 1.807) is 29.0 Å². The molecule has 2 heterocycles. The van der Waals surface area contributed by atoms with Crippen LogP contribution >= 0.6 is 11.3 Å².